The fourth-order valence-electron chi connectivity index (χ4n) is 4.25. The quantitative estimate of drug-likeness (QED) is 0.931. The number of rotatable bonds is 4. The number of hydrogen-bond donors (Lipinski definition) is 1. The number of fused-ring (bicyclic) bond motifs is 1. The molecule has 0 radical (unpaired) electrons. The van der Waals surface area contributed by atoms with Crippen LogP contribution in [0.4, 0.5) is 0 Å². The zero-order valence-corrected chi connectivity index (χ0v) is 13.4. The lowest BCUT2D eigenvalue weighted by Crippen LogP contribution is -2.45. The molecule has 2 aromatic rings. The lowest BCUT2D eigenvalue weighted by molar-refractivity contribution is 0.107. The zero-order chi connectivity index (χ0) is 14.8. The molecule has 1 aromatic heterocycles. The zero-order valence-electron chi connectivity index (χ0n) is 13.4. The fourth-order valence-corrected chi connectivity index (χ4v) is 4.25. The topological polar surface area (TPSA) is 22.3 Å². The van der Waals surface area contributed by atoms with Crippen LogP contribution < -0.4 is 0 Å². The van der Waals surface area contributed by atoms with Crippen molar-refractivity contribution in [2.24, 2.45) is 0 Å². The lowest BCUT2D eigenvalue weighted by Gasteiger charge is -2.38. The van der Waals surface area contributed by atoms with Gasteiger partial charge in [0.05, 0.1) is 0 Å². The second kappa shape index (κ2) is 6.43. The van der Waals surface area contributed by atoms with Crippen LogP contribution in [0.25, 0.3) is 10.9 Å². The number of aromatic amines is 1. The maximum Gasteiger partial charge on any atom is 0.0457 e. The van der Waals surface area contributed by atoms with Crippen molar-refractivity contribution in [1.82, 2.24) is 14.8 Å². The molecule has 0 bridgehead atoms. The van der Waals surface area contributed by atoms with Gasteiger partial charge >= 0.3 is 0 Å². The molecule has 0 amide bonds. The largest absolute Gasteiger partial charge is 0.361 e. The molecule has 4 rings (SSSR count). The number of nitrogens with zero attached hydrogens (tertiary/aromatic N) is 2. The number of aromatic nitrogens is 1. The Morgan fingerprint density at radius 3 is 2.77 bits per heavy atom. The Balaban J connectivity index is 1.50. The summed E-state index contributed by atoms with van der Waals surface area (Å²) in [6.07, 6.45) is 9.00. The third-order valence-electron chi connectivity index (χ3n) is 5.48. The molecule has 1 unspecified atom stereocenters. The highest BCUT2D eigenvalue weighted by Gasteiger charge is 2.26. The van der Waals surface area contributed by atoms with E-state index < -0.39 is 0 Å². The van der Waals surface area contributed by atoms with Crippen LogP contribution in [0.1, 0.15) is 37.7 Å². The molecule has 118 valence electrons. The van der Waals surface area contributed by atoms with Crippen LogP contribution in [-0.2, 0) is 6.54 Å². The Morgan fingerprint density at radius 1 is 1.00 bits per heavy atom. The predicted molar refractivity (Wildman–Crippen MR) is 92.0 cm³/mol. The molecule has 3 nitrogen and oxygen atoms in total. The molecular formula is C19H27N3. The van der Waals surface area contributed by atoms with Crippen LogP contribution >= 0.6 is 0 Å². The third kappa shape index (κ3) is 2.92. The second-order valence-electron chi connectivity index (χ2n) is 6.98. The summed E-state index contributed by atoms with van der Waals surface area (Å²) in [6, 6.07) is 9.65. The van der Waals surface area contributed by atoms with Crippen molar-refractivity contribution in [2.45, 2.75) is 44.7 Å². The number of hydrogen-bond acceptors (Lipinski definition) is 2. The second-order valence-corrected chi connectivity index (χ2v) is 6.98. The number of likely N-dealkylation sites (tertiary alicyclic amines) is 2. The minimum Gasteiger partial charge on any atom is -0.361 e. The molecular weight excluding hydrogens is 270 g/mol. The molecule has 2 aliphatic heterocycles. The van der Waals surface area contributed by atoms with Crippen LogP contribution in [-0.4, -0.2) is 47.0 Å². The van der Waals surface area contributed by atoms with Crippen molar-refractivity contribution in [3.8, 4) is 0 Å². The first-order valence-electron chi connectivity index (χ1n) is 8.91. The number of piperidine rings is 1. The molecule has 0 aliphatic carbocycles. The van der Waals surface area contributed by atoms with Crippen LogP contribution in [0.3, 0.4) is 0 Å². The van der Waals surface area contributed by atoms with E-state index in [1.165, 1.54) is 74.7 Å². The Hall–Kier alpha value is -1.32. The van der Waals surface area contributed by atoms with Gasteiger partial charge < -0.3 is 9.88 Å². The monoisotopic (exact) mass is 297 g/mol. The first kappa shape index (κ1) is 14.3. The molecule has 2 aliphatic rings. The van der Waals surface area contributed by atoms with Crippen molar-refractivity contribution >= 4 is 10.9 Å². The summed E-state index contributed by atoms with van der Waals surface area (Å²) in [5.74, 6) is 0. The maximum absolute atomic E-state index is 3.34. The molecule has 0 spiro atoms. The Morgan fingerprint density at radius 2 is 1.86 bits per heavy atom. The molecule has 2 saturated heterocycles. The van der Waals surface area contributed by atoms with Gasteiger partial charge in [-0.15, -0.1) is 0 Å². The SMILES string of the molecule is c1cc(CN2CCCCC2CN2CCCC2)c2cc[nH]c2c1. The molecule has 1 N–H and O–H groups in total. The normalized spacial score (nSPS) is 24.3. The summed E-state index contributed by atoms with van der Waals surface area (Å²) in [5.41, 5.74) is 2.75. The average Bonchev–Trinajstić information content (AvgIpc) is 3.21. The first-order chi connectivity index (χ1) is 10.9. The first-order valence-corrected chi connectivity index (χ1v) is 8.91. The molecule has 22 heavy (non-hydrogen) atoms. The van der Waals surface area contributed by atoms with Gasteiger partial charge in [0.2, 0.25) is 0 Å². The van der Waals surface area contributed by atoms with Crippen LogP contribution in [0.15, 0.2) is 30.5 Å². The summed E-state index contributed by atoms with van der Waals surface area (Å²) in [5, 5.41) is 1.40. The standard InChI is InChI=1S/C19H27N3/c1-2-13-22(17(7-1)15-21-11-3-4-12-21)14-16-6-5-8-19-18(16)9-10-20-19/h5-6,8-10,17,20H,1-4,7,11-15H2. The van der Waals surface area contributed by atoms with Gasteiger partial charge in [-0.2, -0.15) is 0 Å². The fraction of sp³-hybridized carbons (Fsp3) is 0.579. The highest BCUT2D eigenvalue weighted by molar-refractivity contribution is 5.82. The van der Waals surface area contributed by atoms with Crippen LogP contribution in [0, 0.1) is 0 Å². The van der Waals surface area contributed by atoms with E-state index in [2.05, 4.69) is 45.2 Å². The smallest absolute Gasteiger partial charge is 0.0457 e. The molecule has 1 aromatic carbocycles. The van der Waals surface area contributed by atoms with Gasteiger partial charge in [0.15, 0.2) is 0 Å². The Bertz CT molecular complexity index is 612. The molecule has 2 fully saturated rings. The van der Waals surface area contributed by atoms with Gasteiger partial charge in [-0.3, -0.25) is 4.90 Å². The minimum atomic E-state index is 0.751. The van der Waals surface area contributed by atoms with Crippen molar-refractivity contribution in [1.29, 1.82) is 0 Å². The third-order valence-corrected chi connectivity index (χ3v) is 5.48. The van der Waals surface area contributed by atoms with E-state index in [4.69, 9.17) is 0 Å². The highest BCUT2D eigenvalue weighted by Crippen LogP contribution is 2.25. The summed E-state index contributed by atoms with van der Waals surface area (Å²) < 4.78 is 0. The van der Waals surface area contributed by atoms with Crippen molar-refractivity contribution in [2.75, 3.05) is 26.2 Å². The van der Waals surface area contributed by atoms with E-state index >= 15 is 0 Å². The molecule has 0 saturated carbocycles. The Kier molecular flexibility index (Phi) is 4.17. The number of nitrogens with one attached hydrogen (secondary N) is 1. The van der Waals surface area contributed by atoms with Gasteiger partial charge in [-0.1, -0.05) is 18.6 Å². The van der Waals surface area contributed by atoms with Gasteiger partial charge in [-0.25, -0.2) is 0 Å². The minimum absolute atomic E-state index is 0.751. The van der Waals surface area contributed by atoms with Gasteiger partial charge in [0, 0.05) is 36.2 Å². The van der Waals surface area contributed by atoms with Crippen LogP contribution in [0.5, 0.6) is 0 Å². The van der Waals surface area contributed by atoms with Crippen molar-refractivity contribution in [3.05, 3.63) is 36.0 Å². The van der Waals surface area contributed by atoms with E-state index in [0.29, 0.717) is 0 Å². The van der Waals surface area contributed by atoms with E-state index in [9.17, 15) is 0 Å². The predicted octanol–water partition coefficient (Wildman–Crippen LogP) is 3.62. The van der Waals surface area contributed by atoms with E-state index in [1.807, 2.05) is 0 Å². The number of H-pyrrole nitrogens is 1. The van der Waals surface area contributed by atoms with Crippen LogP contribution in [0.2, 0.25) is 0 Å². The van der Waals surface area contributed by atoms with Crippen molar-refractivity contribution < 1.29 is 0 Å². The molecule has 3 heteroatoms. The number of benzene rings is 1. The van der Waals surface area contributed by atoms with E-state index in [0.717, 1.165) is 12.6 Å². The highest BCUT2D eigenvalue weighted by atomic mass is 15.2. The van der Waals surface area contributed by atoms with E-state index in [-0.39, 0.29) is 0 Å². The molecule has 3 heterocycles. The van der Waals surface area contributed by atoms with Gasteiger partial charge in [-0.05, 0) is 63.0 Å². The summed E-state index contributed by atoms with van der Waals surface area (Å²) in [6.45, 7) is 6.28. The van der Waals surface area contributed by atoms with Crippen molar-refractivity contribution in [3.63, 3.8) is 0 Å². The van der Waals surface area contributed by atoms with Gasteiger partial charge in [0.25, 0.3) is 0 Å². The average molecular weight is 297 g/mol. The maximum atomic E-state index is 3.34. The summed E-state index contributed by atoms with van der Waals surface area (Å²) in [4.78, 5) is 8.76. The Labute approximate surface area is 133 Å². The summed E-state index contributed by atoms with van der Waals surface area (Å²) >= 11 is 0. The molecule has 1 atom stereocenters. The van der Waals surface area contributed by atoms with Gasteiger partial charge in [0.1, 0.15) is 0 Å². The van der Waals surface area contributed by atoms with E-state index in [1.54, 1.807) is 0 Å². The summed E-state index contributed by atoms with van der Waals surface area (Å²) in [7, 11) is 0. The lowest BCUT2D eigenvalue weighted by atomic mass is 10.00.